The molecule has 0 bridgehead atoms. The Morgan fingerprint density at radius 2 is 2.11 bits per heavy atom. The Hall–Kier alpha value is -1.63. The van der Waals surface area contributed by atoms with Crippen LogP contribution in [0.4, 0.5) is 0 Å². The van der Waals surface area contributed by atoms with Gasteiger partial charge in [-0.05, 0) is 5.92 Å². The molecule has 2 fully saturated rings. The van der Waals surface area contributed by atoms with Gasteiger partial charge in [0.1, 0.15) is 6.04 Å². The maximum Gasteiger partial charge on any atom is 0.308 e. The van der Waals surface area contributed by atoms with Crippen molar-refractivity contribution in [1.29, 1.82) is 0 Å². The molecular weight excluding hydrogens is 238 g/mol. The number of carbonyl (C=O) groups is 3. The van der Waals surface area contributed by atoms with Crippen LogP contribution >= 0.6 is 0 Å². The Bertz CT molecular complexity index is 374. The molecule has 0 spiro atoms. The number of piperazine rings is 1. The number of likely N-dealkylation sites (tertiary alicyclic amines) is 1. The van der Waals surface area contributed by atoms with Gasteiger partial charge in [-0.2, -0.15) is 0 Å². The molecule has 3 N–H and O–H groups in total. The minimum atomic E-state index is -0.859. The highest BCUT2D eigenvalue weighted by atomic mass is 16.4. The molecule has 0 aliphatic carbocycles. The van der Waals surface area contributed by atoms with E-state index in [9.17, 15) is 14.4 Å². The second kappa shape index (κ2) is 4.93. The maximum atomic E-state index is 12.1. The standard InChI is InChI=1S/C11H17N3O4/c1-6-4-14(5-7(6)11(17)18)10(16)8-2-13-9(15)3-12-8/h6-8,12H,2-5H2,1H3,(H,13,15)(H,17,18)/t6-,7-,8?/m1/s1. The van der Waals surface area contributed by atoms with Crippen LogP contribution in [0.25, 0.3) is 0 Å². The fourth-order valence-electron chi connectivity index (χ4n) is 2.43. The van der Waals surface area contributed by atoms with E-state index in [1.165, 1.54) is 0 Å². The van der Waals surface area contributed by atoms with Gasteiger partial charge in [-0.3, -0.25) is 19.7 Å². The Morgan fingerprint density at radius 1 is 1.39 bits per heavy atom. The smallest absolute Gasteiger partial charge is 0.308 e. The van der Waals surface area contributed by atoms with Crippen molar-refractivity contribution in [3.63, 3.8) is 0 Å². The minimum Gasteiger partial charge on any atom is -0.481 e. The number of carboxylic acid groups (broad SMARTS) is 1. The van der Waals surface area contributed by atoms with Crippen molar-refractivity contribution in [3.8, 4) is 0 Å². The largest absolute Gasteiger partial charge is 0.481 e. The number of rotatable bonds is 2. The minimum absolute atomic E-state index is 0.0374. The van der Waals surface area contributed by atoms with Gasteiger partial charge in [0.15, 0.2) is 0 Å². The molecule has 18 heavy (non-hydrogen) atoms. The molecule has 1 unspecified atom stereocenters. The van der Waals surface area contributed by atoms with Crippen molar-refractivity contribution >= 4 is 17.8 Å². The van der Waals surface area contributed by atoms with Crippen molar-refractivity contribution in [1.82, 2.24) is 15.5 Å². The van der Waals surface area contributed by atoms with E-state index in [2.05, 4.69) is 10.6 Å². The van der Waals surface area contributed by atoms with Gasteiger partial charge < -0.3 is 15.3 Å². The van der Waals surface area contributed by atoms with E-state index in [0.717, 1.165) is 0 Å². The Balaban J connectivity index is 1.94. The highest BCUT2D eigenvalue weighted by molar-refractivity contribution is 5.87. The Kier molecular flexibility index (Phi) is 3.51. The average molecular weight is 255 g/mol. The van der Waals surface area contributed by atoms with Crippen LogP contribution in [0.15, 0.2) is 0 Å². The van der Waals surface area contributed by atoms with Crippen LogP contribution in [-0.2, 0) is 14.4 Å². The van der Waals surface area contributed by atoms with Crippen molar-refractivity contribution < 1.29 is 19.5 Å². The number of amides is 2. The molecule has 0 saturated carbocycles. The molecule has 0 aromatic heterocycles. The molecule has 100 valence electrons. The molecule has 2 amide bonds. The van der Waals surface area contributed by atoms with Crippen LogP contribution in [0.1, 0.15) is 6.92 Å². The first-order valence-electron chi connectivity index (χ1n) is 6.00. The van der Waals surface area contributed by atoms with E-state index in [1.807, 2.05) is 6.92 Å². The fraction of sp³-hybridized carbons (Fsp3) is 0.727. The number of carboxylic acids is 1. The van der Waals surface area contributed by atoms with E-state index in [0.29, 0.717) is 6.54 Å². The number of hydrogen-bond donors (Lipinski definition) is 3. The van der Waals surface area contributed by atoms with Crippen LogP contribution in [-0.4, -0.2) is 60.0 Å². The van der Waals surface area contributed by atoms with Gasteiger partial charge in [-0.25, -0.2) is 0 Å². The van der Waals surface area contributed by atoms with Gasteiger partial charge in [0.05, 0.1) is 12.5 Å². The fourth-order valence-corrected chi connectivity index (χ4v) is 2.43. The predicted octanol–water partition coefficient (Wildman–Crippen LogP) is -1.75. The second-order valence-electron chi connectivity index (χ2n) is 4.90. The molecule has 7 heteroatoms. The van der Waals surface area contributed by atoms with E-state index in [-0.39, 0.29) is 37.4 Å². The van der Waals surface area contributed by atoms with Crippen molar-refractivity contribution in [2.45, 2.75) is 13.0 Å². The van der Waals surface area contributed by atoms with Gasteiger partial charge in [-0.15, -0.1) is 0 Å². The summed E-state index contributed by atoms with van der Waals surface area (Å²) in [6.45, 7) is 2.94. The average Bonchev–Trinajstić information content (AvgIpc) is 2.71. The summed E-state index contributed by atoms with van der Waals surface area (Å²) in [6, 6.07) is -0.442. The van der Waals surface area contributed by atoms with Gasteiger partial charge in [0.2, 0.25) is 11.8 Å². The maximum absolute atomic E-state index is 12.1. The summed E-state index contributed by atoms with van der Waals surface area (Å²) in [7, 11) is 0. The summed E-state index contributed by atoms with van der Waals surface area (Å²) in [6.07, 6.45) is 0. The zero-order valence-electron chi connectivity index (χ0n) is 10.2. The van der Waals surface area contributed by atoms with Gasteiger partial charge in [0.25, 0.3) is 0 Å². The van der Waals surface area contributed by atoms with Crippen LogP contribution in [0.2, 0.25) is 0 Å². The Morgan fingerprint density at radius 3 is 2.61 bits per heavy atom. The molecule has 2 saturated heterocycles. The molecule has 2 aliphatic rings. The zero-order valence-corrected chi connectivity index (χ0v) is 10.2. The first-order valence-corrected chi connectivity index (χ1v) is 6.00. The van der Waals surface area contributed by atoms with Crippen molar-refractivity contribution in [3.05, 3.63) is 0 Å². The summed E-state index contributed by atoms with van der Waals surface area (Å²) in [4.78, 5) is 35.7. The molecule has 0 radical (unpaired) electrons. The monoisotopic (exact) mass is 255 g/mol. The molecule has 2 aliphatic heterocycles. The van der Waals surface area contributed by atoms with Gasteiger partial charge in [0, 0.05) is 19.6 Å². The van der Waals surface area contributed by atoms with E-state index >= 15 is 0 Å². The van der Waals surface area contributed by atoms with E-state index in [4.69, 9.17) is 5.11 Å². The molecule has 7 nitrogen and oxygen atoms in total. The summed E-state index contributed by atoms with van der Waals surface area (Å²) in [5, 5.41) is 14.5. The second-order valence-corrected chi connectivity index (χ2v) is 4.90. The highest BCUT2D eigenvalue weighted by Gasteiger charge is 2.39. The third kappa shape index (κ3) is 2.45. The lowest BCUT2D eigenvalue weighted by Gasteiger charge is -2.27. The molecule has 2 rings (SSSR count). The Labute approximate surface area is 105 Å². The summed E-state index contributed by atoms with van der Waals surface area (Å²) in [5.74, 6) is -1.65. The van der Waals surface area contributed by atoms with Gasteiger partial charge >= 0.3 is 5.97 Å². The van der Waals surface area contributed by atoms with Crippen LogP contribution in [0.5, 0.6) is 0 Å². The molecule has 3 atom stereocenters. The first kappa shape index (κ1) is 12.8. The van der Waals surface area contributed by atoms with Crippen molar-refractivity contribution in [2.24, 2.45) is 11.8 Å². The quantitative estimate of drug-likeness (QED) is 0.543. The molecule has 0 aromatic rings. The third-order valence-electron chi connectivity index (χ3n) is 3.55. The lowest BCUT2D eigenvalue weighted by molar-refractivity contribution is -0.142. The van der Waals surface area contributed by atoms with Crippen LogP contribution in [0, 0.1) is 11.8 Å². The topological polar surface area (TPSA) is 98.7 Å². The normalized spacial score (nSPS) is 32.2. The lowest BCUT2D eigenvalue weighted by Crippen LogP contribution is -2.58. The SMILES string of the molecule is C[C@@H]1CN(C(=O)C2CNC(=O)CN2)C[C@H]1C(=O)O. The number of nitrogens with one attached hydrogen (secondary N) is 2. The summed E-state index contributed by atoms with van der Waals surface area (Å²) >= 11 is 0. The van der Waals surface area contributed by atoms with E-state index < -0.39 is 17.9 Å². The number of hydrogen-bond acceptors (Lipinski definition) is 4. The third-order valence-corrected chi connectivity index (χ3v) is 3.55. The van der Waals surface area contributed by atoms with Crippen LogP contribution < -0.4 is 10.6 Å². The summed E-state index contributed by atoms with van der Waals surface area (Å²) < 4.78 is 0. The zero-order chi connectivity index (χ0) is 13.3. The number of nitrogens with zero attached hydrogens (tertiary/aromatic N) is 1. The lowest BCUT2D eigenvalue weighted by atomic mass is 9.99. The molecule has 2 heterocycles. The summed E-state index contributed by atoms with van der Waals surface area (Å²) in [5.41, 5.74) is 0. The van der Waals surface area contributed by atoms with E-state index in [1.54, 1.807) is 4.90 Å². The molecule has 0 aromatic carbocycles. The highest BCUT2D eigenvalue weighted by Crippen LogP contribution is 2.23. The number of aliphatic carboxylic acids is 1. The molecular formula is C11H17N3O4. The predicted molar refractivity (Wildman–Crippen MR) is 61.7 cm³/mol. The van der Waals surface area contributed by atoms with Crippen molar-refractivity contribution in [2.75, 3.05) is 26.2 Å². The first-order chi connectivity index (χ1) is 8.49. The van der Waals surface area contributed by atoms with Gasteiger partial charge in [-0.1, -0.05) is 6.92 Å². The van der Waals surface area contributed by atoms with Crippen LogP contribution in [0.3, 0.4) is 0 Å². The number of carbonyl (C=O) groups excluding carboxylic acids is 2.